The van der Waals surface area contributed by atoms with Gasteiger partial charge in [0.05, 0.1) is 0 Å². The Labute approximate surface area is 98.7 Å². The smallest absolute Gasteiger partial charge is 0.327 e. The summed E-state index contributed by atoms with van der Waals surface area (Å²) in [6, 6.07) is 1.47. The molecule has 1 aliphatic rings. The van der Waals surface area contributed by atoms with Crippen molar-refractivity contribution in [2.45, 2.75) is 13.0 Å². The molecule has 2 heterocycles. The van der Waals surface area contributed by atoms with E-state index >= 15 is 0 Å². The van der Waals surface area contributed by atoms with E-state index < -0.39 is 12.0 Å². The lowest BCUT2D eigenvalue weighted by molar-refractivity contribution is -0.138. The van der Waals surface area contributed by atoms with E-state index in [0.29, 0.717) is 5.75 Å². The molecule has 86 valence electrons. The van der Waals surface area contributed by atoms with E-state index in [4.69, 9.17) is 0 Å². The summed E-state index contributed by atoms with van der Waals surface area (Å²) in [5, 5.41) is 9.19. The normalized spacial score (nSPS) is 20.8. The van der Waals surface area contributed by atoms with Crippen LogP contribution < -0.4 is 4.90 Å². The third kappa shape index (κ3) is 2.14. The van der Waals surface area contributed by atoms with Gasteiger partial charge in [-0.2, -0.15) is 11.8 Å². The molecule has 5 heteroatoms. The van der Waals surface area contributed by atoms with Gasteiger partial charge in [0.1, 0.15) is 6.04 Å². The SMILES string of the molecule is Cc1cnccc1N1CCSCC1C(=O)O. The van der Waals surface area contributed by atoms with Gasteiger partial charge in [-0.15, -0.1) is 0 Å². The number of hydrogen-bond acceptors (Lipinski definition) is 4. The molecule has 0 radical (unpaired) electrons. The van der Waals surface area contributed by atoms with Crippen LogP contribution >= 0.6 is 11.8 Å². The van der Waals surface area contributed by atoms with Crippen molar-refractivity contribution in [3.05, 3.63) is 24.0 Å². The van der Waals surface area contributed by atoms with Gasteiger partial charge >= 0.3 is 5.97 Å². The van der Waals surface area contributed by atoms with Gasteiger partial charge in [0.15, 0.2) is 0 Å². The van der Waals surface area contributed by atoms with Gasteiger partial charge in [-0.25, -0.2) is 4.79 Å². The van der Waals surface area contributed by atoms with Crippen LogP contribution in [-0.2, 0) is 4.79 Å². The number of rotatable bonds is 2. The second-order valence-electron chi connectivity index (χ2n) is 3.78. The molecule has 0 spiro atoms. The number of nitrogens with zero attached hydrogens (tertiary/aromatic N) is 2. The van der Waals surface area contributed by atoms with Gasteiger partial charge < -0.3 is 10.0 Å². The van der Waals surface area contributed by atoms with Crippen LogP contribution in [0, 0.1) is 6.92 Å². The zero-order valence-corrected chi connectivity index (χ0v) is 9.91. The fourth-order valence-corrected chi connectivity index (χ4v) is 2.92. The zero-order chi connectivity index (χ0) is 11.5. The highest BCUT2D eigenvalue weighted by atomic mass is 32.2. The van der Waals surface area contributed by atoms with E-state index in [1.807, 2.05) is 17.9 Å². The maximum Gasteiger partial charge on any atom is 0.327 e. The number of anilines is 1. The van der Waals surface area contributed by atoms with Crippen LogP contribution in [0.2, 0.25) is 0 Å². The summed E-state index contributed by atoms with van der Waals surface area (Å²) in [5.41, 5.74) is 2.02. The van der Waals surface area contributed by atoms with E-state index in [-0.39, 0.29) is 0 Å². The number of carbonyl (C=O) groups is 1. The Kier molecular flexibility index (Phi) is 3.33. The first-order valence-corrected chi connectivity index (χ1v) is 6.33. The number of hydrogen-bond donors (Lipinski definition) is 1. The second kappa shape index (κ2) is 4.74. The molecule has 2 rings (SSSR count). The molecule has 1 saturated heterocycles. The van der Waals surface area contributed by atoms with Crippen LogP contribution in [0.1, 0.15) is 5.56 Å². The summed E-state index contributed by atoms with van der Waals surface area (Å²) in [6.45, 7) is 2.75. The van der Waals surface area contributed by atoms with E-state index in [0.717, 1.165) is 23.5 Å². The van der Waals surface area contributed by atoms with Gasteiger partial charge in [-0.05, 0) is 18.6 Å². The minimum Gasteiger partial charge on any atom is -0.480 e. The van der Waals surface area contributed by atoms with Crippen molar-refractivity contribution in [3.8, 4) is 0 Å². The molecule has 0 aromatic carbocycles. The summed E-state index contributed by atoms with van der Waals surface area (Å²) in [5.74, 6) is 0.881. The van der Waals surface area contributed by atoms with E-state index in [1.54, 1.807) is 24.2 Å². The summed E-state index contributed by atoms with van der Waals surface area (Å²) < 4.78 is 0. The minimum absolute atomic E-state index is 0.417. The first kappa shape index (κ1) is 11.3. The quantitative estimate of drug-likeness (QED) is 0.844. The molecule has 1 N–H and O–H groups in total. The van der Waals surface area contributed by atoms with Crippen LogP contribution in [0.5, 0.6) is 0 Å². The predicted octanol–water partition coefficient (Wildman–Crippen LogP) is 1.40. The molecule has 0 bridgehead atoms. The molecule has 0 aliphatic carbocycles. The lowest BCUT2D eigenvalue weighted by Gasteiger charge is -2.35. The average Bonchev–Trinajstić information content (AvgIpc) is 2.29. The Morgan fingerprint density at radius 1 is 1.69 bits per heavy atom. The van der Waals surface area contributed by atoms with Crippen molar-refractivity contribution >= 4 is 23.4 Å². The molecule has 0 saturated carbocycles. The first-order chi connectivity index (χ1) is 7.70. The van der Waals surface area contributed by atoms with Gasteiger partial charge in [0.2, 0.25) is 0 Å². The largest absolute Gasteiger partial charge is 0.480 e. The highest BCUT2D eigenvalue weighted by molar-refractivity contribution is 7.99. The van der Waals surface area contributed by atoms with Crippen molar-refractivity contribution in [1.82, 2.24) is 4.98 Å². The van der Waals surface area contributed by atoms with Crippen LogP contribution in [0.4, 0.5) is 5.69 Å². The van der Waals surface area contributed by atoms with Crippen molar-refractivity contribution < 1.29 is 9.90 Å². The van der Waals surface area contributed by atoms with Crippen molar-refractivity contribution in [2.24, 2.45) is 0 Å². The second-order valence-corrected chi connectivity index (χ2v) is 4.93. The standard InChI is InChI=1S/C11H14N2O2S/c1-8-6-12-3-2-9(8)13-4-5-16-7-10(13)11(14)15/h2-3,6,10H,4-5,7H2,1H3,(H,14,15). The van der Waals surface area contributed by atoms with Crippen molar-refractivity contribution in [2.75, 3.05) is 23.0 Å². The summed E-state index contributed by atoms with van der Waals surface area (Å²) in [6.07, 6.45) is 3.49. The lowest BCUT2D eigenvalue weighted by atomic mass is 10.2. The van der Waals surface area contributed by atoms with Gasteiger partial charge in [-0.3, -0.25) is 4.98 Å². The number of carboxylic acid groups (broad SMARTS) is 1. The fraction of sp³-hybridized carbons (Fsp3) is 0.455. The molecular formula is C11H14N2O2S. The fourth-order valence-electron chi connectivity index (χ4n) is 1.88. The molecule has 16 heavy (non-hydrogen) atoms. The van der Waals surface area contributed by atoms with Crippen LogP contribution in [-0.4, -0.2) is 40.2 Å². The number of aryl methyl sites for hydroxylation is 1. The molecule has 1 aliphatic heterocycles. The van der Waals surface area contributed by atoms with Crippen LogP contribution in [0.3, 0.4) is 0 Å². The topological polar surface area (TPSA) is 53.4 Å². The van der Waals surface area contributed by atoms with Gasteiger partial charge in [0.25, 0.3) is 0 Å². The lowest BCUT2D eigenvalue weighted by Crippen LogP contribution is -2.47. The Morgan fingerprint density at radius 2 is 2.50 bits per heavy atom. The Bertz CT molecular complexity index is 397. The van der Waals surface area contributed by atoms with Gasteiger partial charge in [-0.1, -0.05) is 0 Å². The number of carboxylic acids is 1. The minimum atomic E-state index is -0.747. The van der Waals surface area contributed by atoms with E-state index in [1.165, 1.54) is 0 Å². The van der Waals surface area contributed by atoms with Crippen molar-refractivity contribution in [1.29, 1.82) is 0 Å². The number of thioether (sulfide) groups is 1. The molecule has 1 aromatic heterocycles. The van der Waals surface area contributed by atoms with Crippen molar-refractivity contribution in [3.63, 3.8) is 0 Å². The molecule has 1 fully saturated rings. The van der Waals surface area contributed by atoms with Gasteiger partial charge in [0, 0.05) is 36.1 Å². The molecule has 0 amide bonds. The highest BCUT2D eigenvalue weighted by Crippen LogP contribution is 2.26. The molecule has 1 aromatic rings. The first-order valence-electron chi connectivity index (χ1n) is 5.18. The maximum atomic E-state index is 11.2. The molecular weight excluding hydrogens is 224 g/mol. The number of pyridine rings is 1. The zero-order valence-electron chi connectivity index (χ0n) is 9.09. The maximum absolute atomic E-state index is 11.2. The number of aromatic nitrogens is 1. The average molecular weight is 238 g/mol. The highest BCUT2D eigenvalue weighted by Gasteiger charge is 2.29. The Balaban J connectivity index is 2.30. The van der Waals surface area contributed by atoms with E-state index in [9.17, 15) is 9.90 Å². The van der Waals surface area contributed by atoms with Crippen LogP contribution in [0.25, 0.3) is 0 Å². The summed E-state index contributed by atoms with van der Waals surface area (Å²) >= 11 is 1.70. The summed E-state index contributed by atoms with van der Waals surface area (Å²) in [4.78, 5) is 17.2. The summed E-state index contributed by atoms with van der Waals surface area (Å²) in [7, 11) is 0. The Morgan fingerprint density at radius 3 is 3.19 bits per heavy atom. The monoisotopic (exact) mass is 238 g/mol. The van der Waals surface area contributed by atoms with E-state index in [2.05, 4.69) is 4.98 Å². The molecule has 1 unspecified atom stereocenters. The van der Waals surface area contributed by atoms with Crippen LogP contribution in [0.15, 0.2) is 18.5 Å². The number of aliphatic carboxylic acids is 1. The third-order valence-electron chi connectivity index (χ3n) is 2.71. The Hall–Kier alpha value is -1.23. The predicted molar refractivity (Wildman–Crippen MR) is 65.1 cm³/mol. The molecule has 4 nitrogen and oxygen atoms in total. The third-order valence-corrected chi connectivity index (χ3v) is 3.74. The molecule has 1 atom stereocenters.